The fraction of sp³-hybridized carbons (Fsp3) is 0.864. The minimum Gasteiger partial charge on any atom is -0.353 e. The van der Waals surface area contributed by atoms with Gasteiger partial charge < -0.3 is 5.32 Å². The molecule has 142 valence electrons. The lowest BCUT2D eigenvalue weighted by molar-refractivity contribution is -0.118. The first-order chi connectivity index (χ1) is 11.3. The van der Waals surface area contributed by atoms with Crippen LogP contribution < -0.4 is 5.32 Å². The van der Waals surface area contributed by atoms with E-state index in [1.807, 2.05) is 0 Å². The monoisotopic (exact) mass is 337 g/mol. The van der Waals surface area contributed by atoms with Crippen molar-refractivity contribution >= 4 is 5.91 Å². The third-order valence-corrected chi connectivity index (χ3v) is 4.94. The summed E-state index contributed by atoms with van der Waals surface area (Å²) in [5.74, 6) is 2.64. The fourth-order valence-corrected chi connectivity index (χ4v) is 3.18. The summed E-state index contributed by atoms with van der Waals surface area (Å²) in [5.41, 5.74) is 1.40. The molecule has 0 aliphatic rings. The first kappa shape index (κ1) is 23.2. The molecule has 0 aromatic carbocycles. The first-order valence-corrected chi connectivity index (χ1v) is 10.2. The third kappa shape index (κ3) is 16.1. The topological polar surface area (TPSA) is 29.1 Å². The Morgan fingerprint density at radius 3 is 1.83 bits per heavy atom. The predicted molar refractivity (Wildman–Crippen MR) is 107 cm³/mol. The molecule has 2 nitrogen and oxygen atoms in total. The summed E-state index contributed by atoms with van der Waals surface area (Å²) in [4.78, 5) is 10.8. The molecule has 0 aliphatic heterocycles. The summed E-state index contributed by atoms with van der Waals surface area (Å²) in [6.07, 6.45) is 14.3. The molecule has 2 heteroatoms. The Bertz CT molecular complexity index is 346. The van der Waals surface area contributed by atoms with Crippen LogP contribution in [-0.4, -0.2) is 12.5 Å². The van der Waals surface area contributed by atoms with E-state index in [-0.39, 0.29) is 5.91 Å². The molecule has 0 heterocycles. The minimum absolute atomic E-state index is 0.0473. The van der Waals surface area contributed by atoms with E-state index in [4.69, 9.17) is 0 Å². The molecule has 24 heavy (non-hydrogen) atoms. The number of rotatable bonds is 14. The smallest absolute Gasteiger partial charge is 0.217 e. The predicted octanol–water partition coefficient (Wildman–Crippen LogP) is 6.51. The second-order valence-electron chi connectivity index (χ2n) is 8.35. The minimum atomic E-state index is 0.0473. The molecule has 1 N–H and O–H groups in total. The molecule has 1 amide bonds. The van der Waals surface area contributed by atoms with E-state index < -0.39 is 0 Å². The molecule has 2 atom stereocenters. The molecule has 0 fully saturated rings. The Morgan fingerprint density at radius 2 is 1.33 bits per heavy atom. The lowest BCUT2D eigenvalue weighted by Crippen LogP contribution is -2.19. The highest BCUT2D eigenvalue weighted by Gasteiger charge is 2.06. The molecule has 0 bridgehead atoms. The highest BCUT2D eigenvalue weighted by atomic mass is 16.1. The maximum atomic E-state index is 10.8. The van der Waals surface area contributed by atoms with Gasteiger partial charge in [-0.3, -0.25) is 4.79 Å². The molecule has 0 saturated carbocycles. The number of carbonyl (C=O) groups excluding carboxylic acids is 1. The normalized spacial score (nSPS) is 14.7. The van der Waals surface area contributed by atoms with Gasteiger partial charge in [-0.1, -0.05) is 84.3 Å². The van der Waals surface area contributed by atoms with Gasteiger partial charge in [0.05, 0.1) is 0 Å². The summed E-state index contributed by atoms with van der Waals surface area (Å²) in [5, 5.41) is 2.82. The van der Waals surface area contributed by atoms with Crippen molar-refractivity contribution in [2.75, 3.05) is 6.54 Å². The van der Waals surface area contributed by atoms with E-state index in [0.29, 0.717) is 6.54 Å². The van der Waals surface area contributed by atoms with E-state index in [2.05, 4.69) is 46.0 Å². The number of carbonyl (C=O) groups is 1. The lowest BCUT2D eigenvalue weighted by atomic mass is 9.91. The van der Waals surface area contributed by atoms with E-state index in [9.17, 15) is 4.79 Å². The highest BCUT2D eigenvalue weighted by Crippen LogP contribution is 2.21. The number of amides is 1. The van der Waals surface area contributed by atoms with Gasteiger partial charge in [-0.2, -0.15) is 0 Å². The zero-order valence-corrected chi connectivity index (χ0v) is 17.3. The maximum Gasteiger partial charge on any atom is 0.217 e. The lowest BCUT2D eigenvalue weighted by Gasteiger charge is -2.15. The van der Waals surface area contributed by atoms with Gasteiger partial charge in [0, 0.05) is 13.5 Å². The third-order valence-electron chi connectivity index (χ3n) is 4.94. The van der Waals surface area contributed by atoms with Gasteiger partial charge in [0.15, 0.2) is 0 Å². The van der Waals surface area contributed by atoms with Gasteiger partial charge in [-0.05, 0) is 37.5 Å². The van der Waals surface area contributed by atoms with Crippen molar-refractivity contribution < 1.29 is 4.79 Å². The zero-order valence-electron chi connectivity index (χ0n) is 17.3. The van der Waals surface area contributed by atoms with Crippen molar-refractivity contribution in [3.8, 4) is 0 Å². The fourth-order valence-electron chi connectivity index (χ4n) is 3.18. The van der Waals surface area contributed by atoms with E-state index in [1.54, 1.807) is 6.92 Å². The second kappa shape index (κ2) is 14.5. The number of hydrogen-bond donors (Lipinski definition) is 1. The number of allylic oxidation sites excluding steroid dienone is 1. The van der Waals surface area contributed by atoms with Crippen LogP contribution in [0.25, 0.3) is 0 Å². The van der Waals surface area contributed by atoms with E-state index >= 15 is 0 Å². The van der Waals surface area contributed by atoms with Gasteiger partial charge in [0.25, 0.3) is 0 Å². The molecule has 0 aliphatic carbocycles. The quantitative estimate of drug-likeness (QED) is 0.360. The SMILES string of the molecule is CC(=O)NC/C=C(\C)CCC[C@H](C)CCC[C@H](C)CCCC(C)C. The maximum absolute atomic E-state index is 10.8. The van der Waals surface area contributed by atoms with Gasteiger partial charge in [-0.25, -0.2) is 0 Å². The van der Waals surface area contributed by atoms with Crippen molar-refractivity contribution in [1.82, 2.24) is 5.32 Å². The molecule has 0 radical (unpaired) electrons. The molecule has 0 spiro atoms. The average Bonchev–Trinajstić information content (AvgIpc) is 2.46. The van der Waals surface area contributed by atoms with E-state index in [0.717, 1.165) is 24.2 Å². The first-order valence-electron chi connectivity index (χ1n) is 10.2. The highest BCUT2D eigenvalue weighted by molar-refractivity contribution is 5.72. The molecular weight excluding hydrogens is 294 g/mol. The summed E-state index contributed by atoms with van der Waals surface area (Å²) in [6, 6.07) is 0. The molecule has 0 aromatic heterocycles. The summed E-state index contributed by atoms with van der Waals surface area (Å²) in [6.45, 7) is 13.9. The van der Waals surface area contributed by atoms with Crippen molar-refractivity contribution in [1.29, 1.82) is 0 Å². The van der Waals surface area contributed by atoms with Gasteiger partial charge in [-0.15, -0.1) is 0 Å². The average molecular weight is 338 g/mol. The Kier molecular flexibility index (Phi) is 14.1. The molecule has 0 unspecified atom stereocenters. The Labute approximate surface area is 151 Å². The molecule has 0 saturated heterocycles. The van der Waals surface area contributed by atoms with Gasteiger partial charge in [0.1, 0.15) is 0 Å². The van der Waals surface area contributed by atoms with Crippen LogP contribution in [0.3, 0.4) is 0 Å². The van der Waals surface area contributed by atoms with Crippen LogP contribution in [0.1, 0.15) is 99.3 Å². The molecular formula is C22H43NO. The van der Waals surface area contributed by atoms with E-state index in [1.165, 1.54) is 56.9 Å². The molecule has 0 aromatic rings. The van der Waals surface area contributed by atoms with Crippen LogP contribution in [0.4, 0.5) is 0 Å². The van der Waals surface area contributed by atoms with Crippen molar-refractivity contribution in [2.45, 2.75) is 99.3 Å². The standard InChI is InChI=1S/C22H43NO/c1-18(2)10-7-11-19(3)12-8-13-20(4)14-9-15-21(5)16-17-23-22(6)24/h16,18-20H,7-15,17H2,1-6H3,(H,23,24)/b21-16+/t19-,20-/m1/s1. The summed E-state index contributed by atoms with van der Waals surface area (Å²) >= 11 is 0. The second-order valence-corrected chi connectivity index (χ2v) is 8.35. The van der Waals surface area contributed by atoms with Crippen molar-refractivity contribution in [2.24, 2.45) is 17.8 Å². The van der Waals surface area contributed by atoms with Gasteiger partial charge >= 0.3 is 0 Å². The Morgan fingerprint density at radius 1 is 0.833 bits per heavy atom. The zero-order chi connectivity index (χ0) is 18.4. The summed E-state index contributed by atoms with van der Waals surface area (Å²) < 4.78 is 0. The summed E-state index contributed by atoms with van der Waals surface area (Å²) in [7, 11) is 0. The van der Waals surface area contributed by atoms with Crippen LogP contribution >= 0.6 is 0 Å². The number of hydrogen-bond acceptors (Lipinski definition) is 1. The Balaban J connectivity index is 3.61. The van der Waals surface area contributed by atoms with Crippen LogP contribution in [0.15, 0.2) is 11.6 Å². The van der Waals surface area contributed by atoms with Gasteiger partial charge in [0.2, 0.25) is 5.91 Å². The van der Waals surface area contributed by atoms with Crippen molar-refractivity contribution in [3.63, 3.8) is 0 Å². The number of nitrogens with one attached hydrogen (secondary N) is 1. The van der Waals surface area contributed by atoms with Crippen LogP contribution in [0.5, 0.6) is 0 Å². The van der Waals surface area contributed by atoms with Crippen LogP contribution in [0.2, 0.25) is 0 Å². The van der Waals surface area contributed by atoms with Crippen LogP contribution in [-0.2, 0) is 4.79 Å². The van der Waals surface area contributed by atoms with Crippen molar-refractivity contribution in [3.05, 3.63) is 11.6 Å². The molecule has 0 rings (SSSR count). The Hall–Kier alpha value is -0.790. The largest absolute Gasteiger partial charge is 0.353 e. The van der Waals surface area contributed by atoms with Crippen LogP contribution in [0, 0.1) is 17.8 Å².